The summed E-state index contributed by atoms with van der Waals surface area (Å²) < 4.78 is 4.84. The Morgan fingerprint density at radius 1 is 1.44 bits per heavy atom. The highest BCUT2D eigenvalue weighted by molar-refractivity contribution is 7.98. The van der Waals surface area contributed by atoms with Crippen LogP contribution in [0.2, 0.25) is 0 Å². The zero-order valence-electron chi connectivity index (χ0n) is 10.6. The van der Waals surface area contributed by atoms with Crippen molar-refractivity contribution in [3.05, 3.63) is 35.9 Å². The Labute approximate surface area is 112 Å². The van der Waals surface area contributed by atoms with Crippen molar-refractivity contribution >= 4 is 17.7 Å². The standard InChI is InChI=1S/C14H19NO2S/c1-17-13(16)14(15,12-7-8-12)10-18-9-11-5-3-2-4-6-11/h2-6,12H,7-10,15H2,1H3. The number of benzene rings is 1. The molecule has 2 rings (SSSR count). The molecule has 1 atom stereocenters. The molecule has 1 unspecified atom stereocenters. The molecule has 4 heteroatoms. The highest BCUT2D eigenvalue weighted by atomic mass is 32.2. The van der Waals surface area contributed by atoms with Crippen molar-refractivity contribution in [2.75, 3.05) is 12.9 Å². The van der Waals surface area contributed by atoms with E-state index in [0.29, 0.717) is 11.7 Å². The number of thioether (sulfide) groups is 1. The Balaban J connectivity index is 1.89. The molecule has 1 saturated carbocycles. The van der Waals surface area contributed by atoms with Gasteiger partial charge in [-0.3, -0.25) is 4.79 Å². The van der Waals surface area contributed by atoms with Gasteiger partial charge in [-0.25, -0.2) is 0 Å². The van der Waals surface area contributed by atoms with E-state index in [-0.39, 0.29) is 5.97 Å². The number of methoxy groups -OCH3 is 1. The molecule has 0 heterocycles. The molecule has 0 saturated heterocycles. The molecule has 0 spiro atoms. The number of rotatable bonds is 6. The van der Waals surface area contributed by atoms with Gasteiger partial charge in [0, 0.05) is 11.5 Å². The average Bonchev–Trinajstić information content (AvgIpc) is 3.23. The van der Waals surface area contributed by atoms with E-state index in [1.54, 1.807) is 11.8 Å². The van der Waals surface area contributed by atoms with Crippen molar-refractivity contribution in [3.63, 3.8) is 0 Å². The Kier molecular flexibility index (Phi) is 4.30. The Morgan fingerprint density at radius 3 is 2.67 bits per heavy atom. The van der Waals surface area contributed by atoms with Crippen molar-refractivity contribution < 1.29 is 9.53 Å². The number of hydrogen-bond acceptors (Lipinski definition) is 4. The number of carbonyl (C=O) groups excluding carboxylic acids is 1. The van der Waals surface area contributed by atoms with Crippen LogP contribution < -0.4 is 5.73 Å². The Morgan fingerprint density at radius 2 is 2.11 bits per heavy atom. The highest BCUT2D eigenvalue weighted by Gasteiger charge is 2.48. The minimum absolute atomic E-state index is 0.273. The van der Waals surface area contributed by atoms with Gasteiger partial charge in [0.05, 0.1) is 7.11 Å². The van der Waals surface area contributed by atoms with E-state index < -0.39 is 5.54 Å². The monoisotopic (exact) mass is 265 g/mol. The van der Waals surface area contributed by atoms with Gasteiger partial charge in [-0.05, 0) is 24.3 Å². The first-order valence-corrected chi connectivity index (χ1v) is 7.31. The van der Waals surface area contributed by atoms with Crippen LogP contribution in [0.15, 0.2) is 30.3 Å². The number of carbonyl (C=O) groups is 1. The van der Waals surface area contributed by atoms with Gasteiger partial charge in [0.25, 0.3) is 0 Å². The first-order valence-electron chi connectivity index (χ1n) is 6.16. The van der Waals surface area contributed by atoms with Gasteiger partial charge in [-0.2, -0.15) is 11.8 Å². The lowest BCUT2D eigenvalue weighted by Gasteiger charge is -2.25. The smallest absolute Gasteiger partial charge is 0.326 e. The molecule has 0 aromatic heterocycles. The second kappa shape index (κ2) is 5.76. The molecule has 1 aliphatic rings. The summed E-state index contributed by atoms with van der Waals surface area (Å²) in [6, 6.07) is 10.2. The molecule has 18 heavy (non-hydrogen) atoms. The fourth-order valence-electron chi connectivity index (χ4n) is 2.04. The number of esters is 1. The minimum Gasteiger partial charge on any atom is -0.468 e. The molecular formula is C14H19NO2S. The van der Waals surface area contributed by atoms with Gasteiger partial charge in [0.1, 0.15) is 5.54 Å². The Bertz CT molecular complexity index is 406. The quantitative estimate of drug-likeness (QED) is 0.801. The van der Waals surface area contributed by atoms with E-state index in [1.165, 1.54) is 12.7 Å². The summed E-state index contributed by atoms with van der Waals surface area (Å²) in [5, 5.41) is 0. The normalized spacial score (nSPS) is 18.1. The zero-order chi connectivity index (χ0) is 13.0. The topological polar surface area (TPSA) is 52.3 Å². The number of nitrogens with two attached hydrogens (primary N) is 1. The van der Waals surface area contributed by atoms with E-state index >= 15 is 0 Å². The molecule has 98 valence electrons. The van der Waals surface area contributed by atoms with Crippen LogP contribution in [0.4, 0.5) is 0 Å². The molecule has 1 aliphatic carbocycles. The molecule has 0 radical (unpaired) electrons. The molecule has 1 fully saturated rings. The second-order valence-electron chi connectivity index (χ2n) is 4.78. The average molecular weight is 265 g/mol. The van der Waals surface area contributed by atoms with Gasteiger partial charge < -0.3 is 10.5 Å². The molecule has 1 aromatic carbocycles. The summed E-state index contributed by atoms with van der Waals surface area (Å²) in [5.41, 5.74) is 6.68. The first kappa shape index (κ1) is 13.4. The van der Waals surface area contributed by atoms with E-state index in [9.17, 15) is 4.79 Å². The minimum atomic E-state index is -0.797. The number of ether oxygens (including phenoxy) is 1. The van der Waals surface area contributed by atoms with Crippen molar-refractivity contribution in [1.82, 2.24) is 0 Å². The van der Waals surface area contributed by atoms with E-state index in [0.717, 1.165) is 18.6 Å². The summed E-state index contributed by atoms with van der Waals surface area (Å²) in [5.74, 6) is 1.53. The molecule has 2 N–H and O–H groups in total. The van der Waals surface area contributed by atoms with Gasteiger partial charge in [0.15, 0.2) is 0 Å². The predicted molar refractivity (Wildman–Crippen MR) is 74.3 cm³/mol. The van der Waals surface area contributed by atoms with Crippen molar-refractivity contribution in [2.45, 2.75) is 24.1 Å². The Hall–Kier alpha value is -1.00. The molecule has 0 aliphatic heterocycles. The lowest BCUT2D eigenvalue weighted by molar-refractivity contribution is -0.146. The molecule has 3 nitrogen and oxygen atoms in total. The van der Waals surface area contributed by atoms with Crippen molar-refractivity contribution in [2.24, 2.45) is 11.7 Å². The third-order valence-corrected chi connectivity index (χ3v) is 4.54. The third kappa shape index (κ3) is 3.06. The molecule has 0 bridgehead atoms. The maximum Gasteiger partial charge on any atom is 0.326 e. The molecule has 1 aromatic rings. The van der Waals surface area contributed by atoms with Crippen LogP contribution in [0.5, 0.6) is 0 Å². The van der Waals surface area contributed by atoms with Crippen molar-refractivity contribution in [1.29, 1.82) is 0 Å². The van der Waals surface area contributed by atoms with E-state index in [1.807, 2.05) is 18.2 Å². The van der Waals surface area contributed by atoms with Crippen molar-refractivity contribution in [3.8, 4) is 0 Å². The van der Waals surface area contributed by atoms with Crippen LogP contribution >= 0.6 is 11.8 Å². The summed E-state index contributed by atoms with van der Waals surface area (Å²) >= 11 is 1.70. The largest absolute Gasteiger partial charge is 0.468 e. The lowest BCUT2D eigenvalue weighted by Crippen LogP contribution is -2.53. The van der Waals surface area contributed by atoms with Gasteiger partial charge in [-0.15, -0.1) is 0 Å². The molecule has 0 amide bonds. The second-order valence-corrected chi connectivity index (χ2v) is 5.77. The SMILES string of the molecule is COC(=O)C(N)(CSCc1ccccc1)C1CC1. The molecular weight excluding hydrogens is 246 g/mol. The van der Waals surface area contributed by atoms with Crippen LogP contribution in [-0.2, 0) is 15.3 Å². The fourth-order valence-corrected chi connectivity index (χ4v) is 3.27. The van der Waals surface area contributed by atoms with Crippen LogP contribution in [0, 0.1) is 5.92 Å². The van der Waals surface area contributed by atoms with Crippen LogP contribution in [0.3, 0.4) is 0 Å². The summed E-state index contributed by atoms with van der Waals surface area (Å²) in [6.45, 7) is 0. The van der Waals surface area contributed by atoms with Crippen LogP contribution in [-0.4, -0.2) is 24.4 Å². The first-order chi connectivity index (χ1) is 8.66. The maximum absolute atomic E-state index is 11.8. The van der Waals surface area contributed by atoms with Crippen LogP contribution in [0.1, 0.15) is 18.4 Å². The van der Waals surface area contributed by atoms with Crippen LogP contribution in [0.25, 0.3) is 0 Å². The lowest BCUT2D eigenvalue weighted by atomic mass is 9.97. The fraction of sp³-hybridized carbons (Fsp3) is 0.500. The summed E-state index contributed by atoms with van der Waals surface area (Å²) in [6.07, 6.45) is 2.08. The predicted octanol–water partition coefficient (Wildman–Crippen LogP) is 2.20. The maximum atomic E-state index is 11.8. The van der Waals surface area contributed by atoms with E-state index in [2.05, 4.69) is 12.1 Å². The zero-order valence-corrected chi connectivity index (χ0v) is 11.4. The highest BCUT2D eigenvalue weighted by Crippen LogP contribution is 2.40. The van der Waals surface area contributed by atoms with Gasteiger partial charge >= 0.3 is 5.97 Å². The number of hydrogen-bond donors (Lipinski definition) is 1. The van der Waals surface area contributed by atoms with Gasteiger partial charge in [0.2, 0.25) is 0 Å². The van der Waals surface area contributed by atoms with Gasteiger partial charge in [-0.1, -0.05) is 30.3 Å². The summed E-state index contributed by atoms with van der Waals surface area (Å²) in [7, 11) is 1.41. The third-order valence-electron chi connectivity index (χ3n) is 3.32. The summed E-state index contributed by atoms with van der Waals surface area (Å²) in [4.78, 5) is 11.8. The van der Waals surface area contributed by atoms with E-state index in [4.69, 9.17) is 10.5 Å².